The quantitative estimate of drug-likeness (QED) is 0.658. The molecule has 1 amide bonds. The van der Waals surface area contributed by atoms with Gasteiger partial charge in [0.25, 0.3) is 0 Å². The molecule has 0 aromatic heterocycles. The fourth-order valence-corrected chi connectivity index (χ4v) is 4.45. The summed E-state index contributed by atoms with van der Waals surface area (Å²) < 4.78 is 28.1. The molecule has 25 heavy (non-hydrogen) atoms. The lowest BCUT2D eigenvalue weighted by atomic mass is 10.0. The van der Waals surface area contributed by atoms with Gasteiger partial charge in [-0.15, -0.1) is 12.4 Å². The molecule has 2 rings (SSSR count). The maximum absolute atomic E-state index is 12.1. The Kier molecular flexibility index (Phi) is 6.99. The minimum absolute atomic E-state index is 0. The largest absolute Gasteiger partial charge is 0.469 e. The zero-order valence-electron chi connectivity index (χ0n) is 14.1. The van der Waals surface area contributed by atoms with E-state index in [1.807, 2.05) is 30.3 Å². The summed E-state index contributed by atoms with van der Waals surface area (Å²) >= 11 is 0. The molecule has 3 N–H and O–H groups in total. The van der Waals surface area contributed by atoms with Crippen LogP contribution >= 0.6 is 12.4 Å². The van der Waals surface area contributed by atoms with Gasteiger partial charge in [-0.3, -0.25) is 9.59 Å². The van der Waals surface area contributed by atoms with Crippen molar-refractivity contribution >= 4 is 34.1 Å². The molecule has 1 aromatic rings. The molecule has 0 aliphatic heterocycles. The summed E-state index contributed by atoms with van der Waals surface area (Å²) in [4.78, 5) is 24.0. The Morgan fingerprint density at radius 3 is 2.44 bits per heavy atom. The number of benzene rings is 1. The monoisotopic (exact) mass is 390 g/mol. The van der Waals surface area contributed by atoms with Crippen molar-refractivity contribution in [3.8, 4) is 0 Å². The zero-order valence-corrected chi connectivity index (χ0v) is 15.7. The number of halogens is 1. The SMILES string of the molecule is COC(=O)[C@@]1(CNC(=O)C[C@@H](N)c2ccccc2)C[C@@H]1S(C)(=O)=O.Cl. The molecular weight excluding hydrogens is 368 g/mol. The molecule has 1 aromatic carbocycles. The number of carbonyl (C=O) groups excluding carboxylic acids is 2. The second-order valence-corrected chi connectivity index (χ2v) is 8.40. The van der Waals surface area contributed by atoms with Gasteiger partial charge in [-0.2, -0.15) is 0 Å². The molecule has 1 aliphatic carbocycles. The van der Waals surface area contributed by atoms with Crippen LogP contribution in [0.4, 0.5) is 0 Å². The average Bonchev–Trinajstić information content (AvgIpc) is 3.29. The number of rotatable bonds is 7. The van der Waals surface area contributed by atoms with E-state index in [-0.39, 0.29) is 37.7 Å². The molecule has 1 fully saturated rings. The number of sulfone groups is 1. The fraction of sp³-hybridized carbons (Fsp3) is 0.500. The van der Waals surface area contributed by atoms with E-state index in [0.29, 0.717) is 0 Å². The molecule has 0 saturated heterocycles. The predicted octanol–water partition coefficient (Wildman–Crippen LogP) is 0.591. The maximum Gasteiger partial charge on any atom is 0.314 e. The van der Waals surface area contributed by atoms with E-state index in [0.717, 1.165) is 11.8 Å². The van der Waals surface area contributed by atoms with Gasteiger partial charge >= 0.3 is 5.97 Å². The van der Waals surface area contributed by atoms with E-state index in [9.17, 15) is 18.0 Å². The van der Waals surface area contributed by atoms with Crippen molar-refractivity contribution in [3.63, 3.8) is 0 Å². The van der Waals surface area contributed by atoms with Gasteiger partial charge < -0.3 is 15.8 Å². The van der Waals surface area contributed by atoms with Crippen molar-refractivity contribution in [2.75, 3.05) is 19.9 Å². The molecule has 140 valence electrons. The third-order valence-electron chi connectivity index (χ3n) is 4.35. The van der Waals surface area contributed by atoms with Crippen molar-refractivity contribution in [3.05, 3.63) is 35.9 Å². The van der Waals surface area contributed by atoms with Crippen LogP contribution < -0.4 is 11.1 Å². The Hall–Kier alpha value is -1.64. The average molecular weight is 391 g/mol. The Bertz CT molecular complexity index is 725. The Morgan fingerprint density at radius 1 is 1.36 bits per heavy atom. The number of hydrogen-bond donors (Lipinski definition) is 2. The summed E-state index contributed by atoms with van der Waals surface area (Å²) in [6.45, 7) is -0.0717. The van der Waals surface area contributed by atoms with Gasteiger partial charge in [-0.05, 0) is 12.0 Å². The molecule has 9 heteroatoms. The third kappa shape index (κ3) is 4.93. The van der Waals surface area contributed by atoms with Crippen LogP contribution in [-0.2, 0) is 24.2 Å². The van der Waals surface area contributed by atoms with Crippen molar-refractivity contribution in [2.24, 2.45) is 11.1 Å². The highest BCUT2D eigenvalue weighted by Crippen LogP contribution is 2.51. The van der Waals surface area contributed by atoms with Crippen LogP contribution in [0.1, 0.15) is 24.4 Å². The second kappa shape index (κ2) is 8.16. The summed E-state index contributed by atoms with van der Waals surface area (Å²) in [5.74, 6) is -0.959. The van der Waals surface area contributed by atoms with Crippen LogP contribution in [0.2, 0.25) is 0 Å². The van der Waals surface area contributed by atoms with Gasteiger partial charge in [-0.25, -0.2) is 8.42 Å². The minimum atomic E-state index is -3.38. The first-order chi connectivity index (χ1) is 11.2. The van der Waals surface area contributed by atoms with Gasteiger partial charge in [0.05, 0.1) is 12.4 Å². The van der Waals surface area contributed by atoms with Crippen molar-refractivity contribution < 1.29 is 22.7 Å². The zero-order chi connectivity index (χ0) is 18.0. The van der Waals surface area contributed by atoms with Crippen LogP contribution in [0.15, 0.2) is 30.3 Å². The number of nitrogens with one attached hydrogen (secondary N) is 1. The number of methoxy groups -OCH3 is 1. The second-order valence-electron chi connectivity index (χ2n) is 6.17. The number of carbonyl (C=O) groups is 2. The van der Waals surface area contributed by atoms with Gasteiger partial charge in [0.2, 0.25) is 5.91 Å². The minimum Gasteiger partial charge on any atom is -0.469 e. The number of ether oxygens (including phenoxy) is 1. The fourth-order valence-electron chi connectivity index (χ4n) is 2.86. The van der Waals surface area contributed by atoms with Gasteiger partial charge in [-0.1, -0.05) is 30.3 Å². The lowest BCUT2D eigenvalue weighted by Crippen LogP contribution is -2.39. The summed E-state index contributed by atoms with van der Waals surface area (Å²) in [6.07, 6.45) is 1.28. The number of amides is 1. The Morgan fingerprint density at radius 2 is 1.96 bits per heavy atom. The van der Waals surface area contributed by atoms with Gasteiger partial charge in [0.15, 0.2) is 9.84 Å². The summed E-state index contributed by atoms with van der Waals surface area (Å²) in [5.41, 5.74) is 5.63. The van der Waals surface area contributed by atoms with E-state index in [1.165, 1.54) is 7.11 Å². The normalized spacial score (nSPS) is 23.1. The lowest BCUT2D eigenvalue weighted by Gasteiger charge is -2.17. The first-order valence-corrected chi connectivity index (χ1v) is 9.50. The van der Waals surface area contributed by atoms with Crippen LogP contribution in [0.25, 0.3) is 0 Å². The molecular formula is C16H23ClN2O5S. The van der Waals surface area contributed by atoms with E-state index in [1.54, 1.807) is 0 Å². The summed E-state index contributed by atoms with van der Waals surface area (Å²) in [6, 6.07) is 8.71. The maximum atomic E-state index is 12.1. The molecule has 7 nitrogen and oxygen atoms in total. The highest BCUT2D eigenvalue weighted by molar-refractivity contribution is 7.91. The summed E-state index contributed by atoms with van der Waals surface area (Å²) in [5, 5.41) is 1.80. The molecule has 1 aliphatic rings. The van der Waals surface area contributed by atoms with Crippen LogP contribution in [-0.4, -0.2) is 45.5 Å². The van der Waals surface area contributed by atoms with Crippen molar-refractivity contribution in [1.29, 1.82) is 0 Å². The summed E-state index contributed by atoms with van der Waals surface area (Å²) in [7, 11) is -2.18. The van der Waals surface area contributed by atoms with E-state index >= 15 is 0 Å². The standard InChI is InChI=1S/C16H22N2O5S.ClH/c1-23-15(20)16(9-13(16)24(2,21)22)10-18-14(19)8-12(17)11-6-4-3-5-7-11;/h3-7,12-13H,8-10,17H2,1-2H3,(H,18,19);1H/t12-,13+,16-;/m1./s1. The van der Waals surface area contributed by atoms with Crippen LogP contribution in [0, 0.1) is 5.41 Å². The predicted molar refractivity (Wildman–Crippen MR) is 95.9 cm³/mol. The van der Waals surface area contributed by atoms with Crippen LogP contribution in [0.3, 0.4) is 0 Å². The highest BCUT2D eigenvalue weighted by Gasteiger charge is 2.66. The topological polar surface area (TPSA) is 116 Å². The molecule has 0 spiro atoms. The van der Waals surface area contributed by atoms with Crippen molar-refractivity contribution in [1.82, 2.24) is 5.32 Å². The van der Waals surface area contributed by atoms with E-state index < -0.39 is 32.5 Å². The Balaban J connectivity index is 0.00000312. The highest BCUT2D eigenvalue weighted by atomic mass is 35.5. The smallest absolute Gasteiger partial charge is 0.314 e. The van der Waals surface area contributed by atoms with Crippen LogP contribution in [0.5, 0.6) is 0 Å². The van der Waals surface area contributed by atoms with Gasteiger partial charge in [0.1, 0.15) is 5.41 Å². The first-order valence-electron chi connectivity index (χ1n) is 7.55. The van der Waals surface area contributed by atoms with Gasteiger partial charge in [0, 0.05) is 25.3 Å². The molecule has 0 heterocycles. The van der Waals surface area contributed by atoms with E-state index in [4.69, 9.17) is 10.5 Å². The van der Waals surface area contributed by atoms with Crippen molar-refractivity contribution in [2.45, 2.75) is 24.1 Å². The number of nitrogens with two attached hydrogens (primary N) is 1. The number of esters is 1. The lowest BCUT2D eigenvalue weighted by molar-refractivity contribution is -0.147. The first kappa shape index (κ1) is 21.4. The molecule has 1 saturated carbocycles. The van der Waals surface area contributed by atoms with E-state index in [2.05, 4.69) is 5.32 Å². The molecule has 0 bridgehead atoms. The molecule has 3 atom stereocenters. The molecule has 0 unspecified atom stereocenters. The number of hydrogen-bond acceptors (Lipinski definition) is 6. The third-order valence-corrected chi connectivity index (χ3v) is 6.00. The molecule has 0 radical (unpaired) electrons. The Labute approximate surface area is 153 Å².